The molecule has 1 aromatic heterocycles. The van der Waals surface area contributed by atoms with Crippen LogP contribution in [0.1, 0.15) is 26.0 Å². The number of para-hydroxylation sites is 1. The molecule has 110 valence electrons. The lowest BCUT2D eigenvalue weighted by Crippen LogP contribution is -2.34. The minimum atomic E-state index is -0.0770. The van der Waals surface area contributed by atoms with E-state index >= 15 is 0 Å². The summed E-state index contributed by atoms with van der Waals surface area (Å²) in [6.07, 6.45) is 0.453. The van der Waals surface area contributed by atoms with E-state index in [9.17, 15) is 4.79 Å². The van der Waals surface area contributed by atoms with Crippen LogP contribution in [-0.4, -0.2) is 16.0 Å². The third-order valence-electron chi connectivity index (χ3n) is 2.95. The van der Waals surface area contributed by atoms with Gasteiger partial charge in [0, 0.05) is 17.5 Å². The van der Waals surface area contributed by atoms with Crippen molar-refractivity contribution in [1.82, 2.24) is 10.3 Å². The molecule has 0 spiro atoms. The lowest BCUT2D eigenvalue weighted by Gasteiger charge is -2.12. The summed E-state index contributed by atoms with van der Waals surface area (Å²) in [5, 5.41) is 7.08. The standard InChI is InChI=1S/C16H19N3OS/c1-10(2)9-14(20)19-16(21)18-13-6-4-5-12-8-7-11(3)17-15(12)13/h4-8,10H,9H2,1-3H3,(H2,18,19,20,21). The number of nitrogens with one attached hydrogen (secondary N) is 2. The number of thiocarbonyl (C=S) groups is 1. The van der Waals surface area contributed by atoms with E-state index in [-0.39, 0.29) is 5.91 Å². The summed E-state index contributed by atoms with van der Waals surface area (Å²) in [7, 11) is 0. The average Bonchev–Trinajstić information content (AvgIpc) is 2.38. The predicted molar refractivity (Wildman–Crippen MR) is 90.3 cm³/mol. The number of carbonyl (C=O) groups is 1. The topological polar surface area (TPSA) is 54.0 Å². The minimum absolute atomic E-state index is 0.0770. The Morgan fingerprint density at radius 2 is 2.05 bits per heavy atom. The molecule has 0 unspecified atom stereocenters. The van der Waals surface area contributed by atoms with E-state index in [4.69, 9.17) is 12.2 Å². The van der Waals surface area contributed by atoms with Crippen LogP contribution in [0.5, 0.6) is 0 Å². The fourth-order valence-corrected chi connectivity index (χ4v) is 2.27. The van der Waals surface area contributed by atoms with Gasteiger partial charge < -0.3 is 10.6 Å². The van der Waals surface area contributed by atoms with Gasteiger partial charge in [0.1, 0.15) is 0 Å². The number of fused-ring (bicyclic) bond motifs is 1. The Labute approximate surface area is 130 Å². The summed E-state index contributed by atoms with van der Waals surface area (Å²) in [5.41, 5.74) is 2.58. The molecule has 5 heteroatoms. The van der Waals surface area contributed by atoms with Crippen LogP contribution in [-0.2, 0) is 4.79 Å². The number of carbonyl (C=O) groups excluding carboxylic acids is 1. The summed E-state index contributed by atoms with van der Waals surface area (Å²) < 4.78 is 0. The number of aromatic nitrogens is 1. The Kier molecular flexibility index (Phi) is 4.85. The van der Waals surface area contributed by atoms with Gasteiger partial charge in [-0.05, 0) is 37.2 Å². The molecule has 2 N–H and O–H groups in total. The summed E-state index contributed by atoms with van der Waals surface area (Å²) in [6.45, 7) is 5.93. The molecule has 0 saturated heterocycles. The van der Waals surface area contributed by atoms with Gasteiger partial charge in [0.25, 0.3) is 0 Å². The van der Waals surface area contributed by atoms with Crippen LogP contribution in [0.25, 0.3) is 10.9 Å². The largest absolute Gasteiger partial charge is 0.331 e. The van der Waals surface area contributed by atoms with Crippen molar-refractivity contribution in [3.8, 4) is 0 Å². The van der Waals surface area contributed by atoms with Crippen molar-refractivity contribution in [3.63, 3.8) is 0 Å². The maximum atomic E-state index is 11.7. The van der Waals surface area contributed by atoms with Gasteiger partial charge in [0.15, 0.2) is 5.11 Å². The molecule has 0 aliphatic rings. The highest BCUT2D eigenvalue weighted by atomic mass is 32.1. The molecule has 1 amide bonds. The van der Waals surface area contributed by atoms with Gasteiger partial charge in [-0.25, -0.2) is 0 Å². The molecule has 1 heterocycles. The van der Waals surface area contributed by atoms with E-state index < -0.39 is 0 Å². The Balaban J connectivity index is 2.14. The molecule has 0 saturated carbocycles. The molecule has 1 aromatic carbocycles. The summed E-state index contributed by atoms with van der Waals surface area (Å²) in [4.78, 5) is 16.2. The molecule has 0 radical (unpaired) electrons. The second kappa shape index (κ2) is 6.63. The first kappa shape index (κ1) is 15.4. The van der Waals surface area contributed by atoms with Gasteiger partial charge in [0.05, 0.1) is 11.2 Å². The number of pyridine rings is 1. The van der Waals surface area contributed by atoms with Gasteiger partial charge >= 0.3 is 0 Å². The van der Waals surface area contributed by atoms with Crippen LogP contribution in [0, 0.1) is 12.8 Å². The molecule has 2 aromatic rings. The molecule has 0 fully saturated rings. The monoisotopic (exact) mass is 301 g/mol. The fourth-order valence-electron chi connectivity index (χ4n) is 2.05. The number of anilines is 1. The van der Waals surface area contributed by atoms with Crippen molar-refractivity contribution < 1.29 is 4.79 Å². The van der Waals surface area contributed by atoms with Crippen molar-refractivity contribution in [2.24, 2.45) is 5.92 Å². The molecule has 0 atom stereocenters. The van der Waals surface area contributed by atoms with E-state index in [1.54, 1.807) is 0 Å². The number of hydrogen-bond donors (Lipinski definition) is 2. The second-order valence-electron chi connectivity index (χ2n) is 5.43. The molecule has 4 nitrogen and oxygen atoms in total. The van der Waals surface area contributed by atoms with Gasteiger partial charge in [-0.2, -0.15) is 0 Å². The fraction of sp³-hybridized carbons (Fsp3) is 0.312. The number of benzene rings is 1. The normalized spacial score (nSPS) is 10.7. The van der Waals surface area contributed by atoms with E-state index in [2.05, 4.69) is 15.6 Å². The quantitative estimate of drug-likeness (QED) is 0.853. The maximum absolute atomic E-state index is 11.7. The van der Waals surface area contributed by atoms with Crippen LogP contribution < -0.4 is 10.6 Å². The highest BCUT2D eigenvalue weighted by Gasteiger charge is 2.09. The Bertz CT molecular complexity index is 682. The molecule has 0 aliphatic carbocycles. The highest BCUT2D eigenvalue weighted by Crippen LogP contribution is 2.21. The van der Waals surface area contributed by atoms with E-state index in [1.807, 2.05) is 51.1 Å². The van der Waals surface area contributed by atoms with Gasteiger partial charge in [0.2, 0.25) is 5.91 Å². The number of aryl methyl sites for hydroxylation is 1. The Hall–Kier alpha value is -2.01. The third kappa shape index (κ3) is 4.23. The van der Waals surface area contributed by atoms with Gasteiger partial charge in [-0.15, -0.1) is 0 Å². The van der Waals surface area contributed by atoms with Crippen LogP contribution in [0.3, 0.4) is 0 Å². The first-order chi connectivity index (χ1) is 9.95. The lowest BCUT2D eigenvalue weighted by atomic mass is 10.1. The van der Waals surface area contributed by atoms with Crippen LogP contribution in [0.4, 0.5) is 5.69 Å². The average molecular weight is 301 g/mol. The van der Waals surface area contributed by atoms with Crippen molar-refractivity contribution in [2.75, 3.05) is 5.32 Å². The van der Waals surface area contributed by atoms with E-state index in [0.717, 1.165) is 22.3 Å². The minimum Gasteiger partial charge on any atom is -0.331 e. The Morgan fingerprint density at radius 1 is 1.29 bits per heavy atom. The maximum Gasteiger partial charge on any atom is 0.226 e. The van der Waals surface area contributed by atoms with Crippen molar-refractivity contribution in [1.29, 1.82) is 0 Å². The Morgan fingerprint density at radius 3 is 2.76 bits per heavy atom. The zero-order valence-electron chi connectivity index (χ0n) is 12.4. The smallest absolute Gasteiger partial charge is 0.226 e. The highest BCUT2D eigenvalue weighted by molar-refractivity contribution is 7.80. The van der Waals surface area contributed by atoms with Crippen molar-refractivity contribution in [2.45, 2.75) is 27.2 Å². The summed E-state index contributed by atoms with van der Waals surface area (Å²) in [6, 6.07) is 9.81. The van der Waals surface area contributed by atoms with Gasteiger partial charge in [-0.3, -0.25) is 9.78 Å². The first-order valence-corrected chi connectivity index (χ1v) is 7.33. The molecular weight excluding hydrogens is 282 g/mol. The molecular formula is C16H19N3OS. The number of nitrogens with zero attached hydrogens (tertiary/aromatic N) is 1. The SMILES string of the molecule is Cc1ccc2cccc(NC(=S)NC(=O)CC(C)C)c2n1. The third-order valence-corrected chi connectivity index (χ3v) is 3.16. The predicted octanol–water partition coefficient (Wildman–Crippen LogP) is 3.40. The van der Waals surface area contributed by atoms with Gasteiger partial charge in [-0.1, -0.05) is 32.0 Å². The number of hydrogen-bond acceptors (Lipinski definition) is 3. The van der Waals surface area contributed by atoms with Crippen molar-refractivity contribution >= 4 is 39.8 Å². The van der Waals surface area contributed by atoms with Crippen LogP contribution in [0.15, 0.2) is 30.3 Å². The lowest BCUT2D eigenvalue weighted by molar-refractivity contribution is -0.120. The molecule has 21 heavy (non-hydrogen) atoms. The molecule has 0 aliphatic heterocycles. The van der Waals surface area contributed by atoms with Crippen LogP contribution in [0.2, 0.25) is 0 Å². The van der Waals surface area contributed by atoms with E-state index in [1.165, 1.54) is 0 Å². The number of rotatable bonds is 3. The second-order valence-corrected chi connectivity index (χ2v) is 5.84. The summed E-state index contributed by atoms with van der Waals surface area (Å²) in [5.74, 6) is 0.224. The molecule has 2 rings (SSSR count). The van der Waals surface area contributed by atoms with Crippen LogP contribution >= 0.6 is 12.2 Å². The first-order valence-electron chi connectivity index (χ1n) is 6.93. The zero-order valence-corrected chi connectivity index (χ0v) is 13.3. The zero-order chi connectivity index (χ0) is 15.4. The molecule has 0 bridgehead atoms. The summed E-state index contributed by atoms with van der Waals surface area (Å²) >= 11 is 5.19. The van der Waals surface area contributed by atoms with E-state index in [0.29, 0.717) is 17.5 Å². The number of amides is 1. The van der Waals surface area contributed by atoms with Crippen molar-refractivity contribution in [3.05, 3.63) is 36.0 Å².